The van der Waals surface area contributed by atoms with E-state index in [9.17, 15) is 4.79 Å². The summed E-state index contributed by atoms with van der Waals surface area (Å²) < 4.78 is 0.920. The monoisotopic (exact) mass is 344 g/mol. The highest BCUT2D eigenvalue weighted by Gasteiger charge is 2.09. The summed E-state index contributed by atoms with van der Waals surface area (Å²) in [5, 5.41) is 2.44. The number of hydrogen-bond donors (Lipinski definition) is 0. The van der Waals surface area contributed by atoms with E-state index in [1.807, 2.05) is 42.5 Å². The fourth-order valence-corrected chi connectivity index (χ4v) is 2.85. The lowest BCUT2D eigenvalue weighted by Gasteiger charge is -2.05. The van der Waals surface area contributed by atoms with Crippen LogP contribution in [0.4, 0.5) is 0 Å². The molecule has 20 heavy (non-hydrogen) atoms. The van der Waals surface area contributed by atoms with E-state index in [1.165, 1.54) is 11.8 Å². The SMILES string of the molecule is O=Cc1cc2ccccc2nc1Sc1ccc(Br)cn1. The first-order valence-corrected chi connectivity index (χ1v) is 7.51. The molecule has 3 nitrogen and oxygen atoms in total. The topological polar surface area (TPSA) is 42.9 Å². The fraction of sp³-hybridized carbons (Fsp3) is 0. The second-order valence-corrected chi connectivity index (χ2v) is 6.03. The minimum absolute atomic E-state index is 0.582. The van der Waals surface area contributed by atoms with E-state index in [0.29, 0.717) is 10.6 Å². The Labute approximate surface area is 128 Å². The Bertz CT molecular complexity index is 774. The van der Waals surface area contributed by atoms with Crippen LogP contribution in [0.5, 0.6) is 0 Å². The number of nitrogens with zero attached hydrogens (tertiary/aromatic N) is 2. The molecule has 1 aromatic carbocycles. The van der Waals surface area contributed by atoms with Crippen LogP contribution in [0, 0.1) is 0 Å². The zero-order valence-electron chi connectivity index (χ0n) is 10.3. The maximum Gasteiger partial charge on any atom is 0.152 e. The summed E-state index contributed by atoms with van der Waals surface area (Å²) in [4.78, 5) is 20.1. The van der Waals surface area contributed by atoms with Crippen molar-refractivity contribution in [3.63, 3.8) is 0 Å². The lowest BCUT2D eigenvalue weighted by molar-refractivity contribution is 0.112. The third-order valence-electron chi connectivity index (χ3n) is 2.75. The minimum Gasteiger partial charge on any atom is -0.298 e. The number of benzene rings is 1. The average Bonchev–Trinajstić information content (AvgIpc) is 2.49. The van der Waals surface area contributed by atoms with Crippen molar-refractivity contribution in [1.29, 1.82) is 0 Å². The predicted molar refractivity (Wildman–Crippen MR) is 83.2 cm³/mol. The maximum absolute atomic E-state index is 11.2. The van der Waals surface area contributed by atoms with Crippen LogP contribution >= 0.6 is 27.7 Å². The molecule has 3 rings (SSSR count). The molecule has 3 aromatic rings. The first-order chi connectivity index (χ1) is 9.76. The van der Waals surface area contributed by atoms with E-state index in [0.717, 1.165) is 26.7 Å². The molecular formula is C15H9BrN2OS. The van der Waals surface area contributed by atoms with Gasteiger partial charge >= 0.3 is 0 Å². The van der Waals surface area contributed by atoms with Crippen molar-refractivity contribution < 1.29 is 4.79 Å². The van der Waals surface area contributed by atoms with Gasteiger partial charge in [0.1, 0.15) is 10.1 Å². The van der Waals surface area contributed by atoms with E-state index >= 15 is 0 Å². The van der Waals surface area contributed by atoms with Crippen molar-refractivity contribution in [3.8, 4) is 0 Å². The molecule has 0 radical (unpaired) electrons. The number of carbonyl (C=O) groups excluding carboxylic acids is 1. The summed E-state index contributed by atoms with van der Waals surface area (Å²) >= 11 is 4.74. The molecule has 98 valence electrons. The standard InChI is InChI=1S/C15H9BrN2OS/c16-12-5-6-14(17-8-12)20-15-11(9-19)7-10-3-1-2-4-13(10)18-15/h1-9H. The van der Waals surface area contributed by atoms with E-state index < -0.39 is 0 Å². The van der Waals surface area contributed by atoms with Crippen LogP contribution in [0.15, 0.2) is 63.2 Å². The molecular weight excluding hydrogens is 336 g/mol. The van der Waals surface area contributed by atoms with Gasteiger partial charge in [-0.05, 0) is 52.0 Å². The predicted octanol–water partition coefficient (Wildman–Crippen LogP) is 4.36. The lowest BCUT2D eigenvalue weighted by Crippen LogP contribution is -1.92. The van der Waals surface area contributed by atoms with Gasteiger partial charge in [-0.15, -0.1) is 0 Å². The number of rotatable bonds is 3. The van der Waals surface area contributed by atoms with Gasteiger partial charge in [0.2, 0.25) is 0 Å². The zero-order valence-corrected chi connectivity index (χ0v) is 12.7. The van der Waals surface area contributed by atoms with Gasteiger partial charge in [0.25, 0.3) is 0 Å². The molecule has 2 heterocycles. The number of aromatic nitrogens is 2. The Morgan fingerprint density at radius 3 is 2.75 bits per heavy atom. The van der Waals surface area contributed by atoms with E-state index in [1.54, 1.807) is 6.20 Å². The van der Waals surface area contributed by atoms with Crippen molar-refractivity contribution >= 4 is 44.9 Å². The van der Waals surface area contributed by atoms with Crippen molar-refractivity contribution in [1.82, 2.24) is 9.97 Å². The first kappa shape index (κ1) is 13.3. The molecule has 0 saturated heterocycles. The van der Waals surface area contributed by atoms with Gasteiger partial charge in [-0.1, -0.05) is 18.2 Å². The van der Waals surface area contributed by atoms with E-state index in [-0.39, 0.29) is 0 Å². The Hall–Kier alpha value is -1.72. The van der Waals surface area contributed by atoms with Crippen LogP contribution in [-0.2, 0) is 0 Å². The van der Waals surface area contributed by atoms with Crippen LogP contribution in [-0.4, -0.2) is 16.3 Å². The summed E-state index contributed by atoms with van der Waals surface area (Å²) in [6, 6.07) is 13.4. The summed E-state index contributed by atoms with van der Waals surface area (Å²) in [5.74, 6) is 0. The number of carbonyl (C=O) groups is 1. The third-order valence-corrected chi connectivity index (χ3v) is 4.19. The average molecular weight is 345 g/mol. The molecule has 0 atom stereocenters. The summed E-state index contributed by atoms with van der Waals surface area (Å²) in [6.45, 7) is 0. The first-order valence-electron chi connectivity index (χ1n) is 5.90. The van der Waals surface area contributed by atoms with E-state index in [4.69, 9.17) is 0 Å². The molecule has 0 spiro atoms. The van der Waals surface area contributed by atoms with Crippen molar-refractivity contribution in [2.45, 2.75) is 10.1 Å². The van der Waals surface area contributed by atoms with Crippen LogP contribution in [0.3, 0.4) is 0 Å². The molecule has 5 heteroatoms. The van der Waals surface area contributed by atoms with Gasteiger partial charge in [0.05, 0.1) is 5.52 Å². The number of para-hydroxylation sites is 1. The highest BCUT2D eigenvalue weighted by atomic mass is 79.9. The van der Waals surface area contributed by atoms with Gasteiger partial charge in [-0.25, -0.2) is 9.97 Å². The largest absolute Gasteiger partial charge is 0.298 e. The third kappa shape index (κ3) is 2.73. The Kier molecular flexibility index (Phi) is 3.80. The van der Waals surface area contributed by atoms with Gasteiger partial charge < -0.3 is 0 Å². The molecule has 0 aliphatic carbocycles. The molecule has 0 N–H and O–H groups in total. The Balaban J connectivity index is 2.05. The highest BCUT2D eigenvalue weighted by molar-refractivity contribution is 9.10. The molecule has 0 unspecified atom stereocenters. The van der Waals surface area contributed by atoms with Crippen molar-refractivity contribution in [3.05, 3.63) is 58.7 Å². The smallest absolute Gasteiger partial charge is 0.152 e. The zero-order chi connectivity index (χ0) is 13.9. The molecule has 0 amide bonds. The molecule has 2 aromatic heterocycles. The number of hydrogen-bond acceptors (Lipinski definition) is 4. The van der Waals surface area contributed by atoms with Crippen LogP contribution in [0.25, 0.3) is 10.9 Å². The lowest BCUT2D eigenvalue weighted by atomic mass is 10.2. The quantitative estimate of drug-likeness (QED) is 0.662. The number of halogens is 1. The number of fused-ring (bicyclic) bond motifs is 1. The highest BCUT2D eigenvalue weighted by Crippen LogP contribution is 2.29. The van der Waals surface area contributed by atoms with Gasteiger partial charge in [-0.3, -0.25) is 4.79 Å². The van der Waals surface area contributed by atoms with Crippen molar-refractivity contribution in [2.24, 2.45) is 0 Å². The van der Waals surface area contributed by atoms with Crippen LogP contribution in [0.2, 0.25) is 0 Å². The minimum atomic E-state index is 0.582. The van der Waals surface area contributed by atoms with Crippen molar-refractivity contribution in [2.75, 3.05) is 0 Å². The van der Waals surface area contributed by atoms with Crippen LogP contribution < -0.4 is 0 Å². The number of aldehydes is 1. The van der Waals surface area contributed by atoms with Gasteiger partial charge in [0, 0.05) is 21.6 Å². The van der Waals surface area contributed by atoms with Gasteiger partial charge in [-0.2, -0.15) is 0 Å². The van der Waals surface area contributed by atoms with Crippen LogP contribution in [0.1, 0.15) is 10.4 Å². The summed E-state index contributed by atoms with van der Waals surface area (Å²) in [6.07, 6.45) is 2.56. The molecule has 0 aliphatic rings. The second kappa shape index (κ2) is 5.73. The summed E-state index contributed by atoms with van der Waals surface area (Å²) in [7, 11) is 0. The second-order valence-electron chi connectivity index (χ2n) is 4.11. The maximum atomic E-state index is 11.2. The van der Waals surface area contributed by atoms with E-state index in [2.05, 4.69) is 25.9 Å². The van der Waals surface area contributed by atoms with Gasteiger partial charge in [0.15, 0.2) is 6.29 Å². The molecule has 0 fully saturated rings. The Morgan fingerprint density at radius 2 is 2.00 bits per heavy atom. The number of pyridine rings is 2. The molecule has 0 bridgehead atoms. The molecule has 0 aliphatic heterocycles. The molecule has 0 saturated carbocycles. The Morgan fingerprint density at radius 1 is 1.15 bits per heavy atom. The summed E-state index contributed by atoms with van der Waals surface area (Å²) in [5.41, 5.74) is 1.45. The normalized spacial score (nSPS) is 10.7. The fourth-order valence-electron chi connectivity index (χ4n) is 1.80.